The van der Waals surface area contributed by atoms with Gasteiger partial charge >= 0.3 is 6.03 Å². The zero-order valence-electron chi connectivity index (χ0n) is 21.4. The fourth-order valence-electron chi connectivity index (χ4n) is 4.16. The number of hydrogen-bond acceptors (Lipinski definition) is 4. The van der Waals surface area contributed by atoms with E-state index in [4.69, 9.17) is 4.42 Å². The predicted molar refractivity (Wildman–Crippen MR) is 148 cm³/mol. The van der Waals surface area contributed by atoms with Crippen molar-refractivity contribution in [3.63, 3.8) is 0 Å². The van der Waals surface area contributed by atoms with Crippen LogP contribution in [0.25, 0.3) is 11.0 Å². The van der Waals surface area contributed by atoms with Crippen LogP contribution >= 0.6 is 0 Å². The maximum atomic E-state index is 13.6. The van der Waals surface area contributed by atoms with Crippen molar-refractivity contribution < 1.29 is 14.0 Å². The number of urea groups is 1. The van der Waals surface area contributed by atoms with Crippen LogP contribution in [0.5, 0.6) is 0 Å². The van der Waals surface area contributed by atoms with E-state index < -0.39 is 0 Å². The zero-order chi connectivity index (χ0) is 26.9. The van der Waals surface area contributed by atoms with Gasteiger partial charge in [0.2, 0.25) is 5.91 Å². The second-order valence-corrected chi connectivity index (χ2v) is 9.14. The largest absolute Gasteiger partial charge is 0.464 e. The number of hydrogen-bond donors (Lipinski definition) is 1. The molecule has 0 bridgehead atoms. The molecular formula is C31H31N3O4. The van der Waals surface area contributed by atoms with Crippen molar-refractivity contribution in [2.24, 2.45) is 0 Å². The van der Waals surface area contributed by atoms with Gasteiger partial charge in [-0.25, -0.2) is 4.79 Å². The Morgan fingerprint density at radius 2 is 1.61 bits per heavy atom. The molecule has 4 aromatic rings. The predicted octanol–water partition coefficient (Wildman–Crippen LogP) is 5.03. The number of carbonyl (C=O) groups excluding carboxylic acids is 2. The second-order valence-electron chi connectivity index (χ2n) is 9.14. The van der Waals surface area contributed by atoms with Gasteiger partial charge < -0.3 is 19.5 Å². The number of rotatable bonds is 10. The van der Waals surface area contributed by atoms with Crippen LogP contribution in [0.1, 0.15) is 22.3 Å². The Bertz CT molecular complexity index is 1470. The minimum absolute atomic E-state index is 0.0491. The van der Waals surface area contributed by atoms with Gasteiger partial charge in [-0.15, -0.1) is 6.58 Å². The molecule has 0 aliphatic heterocycles. The van der Waals surface area contributed by atoms with Gasteiger partial charge in [0.15, 0.2) is 5.43 Å². The lowest BCUT2D eigenvalue weighted by Gasteiger charge is -2.27. The summed E-state index contributed by atoms with van der Waals surface area (Å²) >= 11 is 0. The van der Waals surface area contributed by atoms with Gasteiger partial charge in [-0.05, 0) is 30.2 Å². The van der Waals surface area contributed by atoms with Crippen molar-refractivity contribution in [3.8, 4) is 0 Å². The maximum absolute atomic E-state index is 13.6. The SMILES string of the molecule is C=CCN(CC(=O)N(Cc1ccccc1)Cc1coc2ccc(C)cc2c1=O)C(=O)NCc1ccccc1. The summed E-state index contributed by atoms with van der Waals surface area (Å²) in [5, 5.41) is 3.34. The van der Waals surface area contributed by atoms with Crippen LogP contribution in [-0.4, -0.2) is 34.8 Å². The topological polar surface area (TPSA) is 82.9 Å². The van der Waals surface area contributed by atoms with E-state index in [1.165, 1.54) is 11.2 Å². The van der Waals surface area contributed by atoms with Crippen molar-refractivity contribution in [2.45, 2.75) is 26.6 Å². The van der Waals surface area contributed by atoms with Crippen LogP contribution in [-0.2, 0) is 24.4 Å². The van der Waals surface area contributed by atoms with Gasteiger partial charge in [-0.3, -0.25) is 9.59 Å². The second kappa shape index (κ2) is 12.5. The summed E-state index contributed by atoms with van der Waals surface area (Å²) in [5.41, 5.74) is 3.50. The maximum Gasteiger partial charge on any atom is 0.318 e. The van der Waals surface area contributed by atoms with E-state index in [0.717, 1.165) is 16.7 Å². The molecule has 0 unspecified atom stereocenters. The molecule has 7 nitrogen and oxygen atoms in total. The minimum Gasteiger partial charge on any atom is -0.464 e. The quantitative estimate of drug-likeness (QED) is 0.304. The van der Waals surface area contributed by atoms with E-state index in [0.29, 0.717) is 23.1 Å². The van der Waals surface area contributed by atoms with Crippen LogP contribution in [0.4, 0.5) is 4.79 Å². The summed E-state index contributed by atoms with van der Waals surface area (Å²) in [6.45, 7) is 6.34. The van der Waals surface area contributed by atoms with E-state index in [-0.39, 0.29) is 43.5 Å². The summed E-state index contributed by atoms with van der Waals surface area (Å²) in [6.07, 6.45) is 3.00. The van der Waals surface area contributed by atoms with E-state index in [9.17, 15) is 14.4 Å². The first-order chi connectivity index (χ1) is 18.4. The Balaban J connectivity index is 1.55. The normalized spacial score (nSPS) is 10.7. The molecular weight excluding hydrogens is 478 g/mol. The van der Waals surface area contributed by atoms with E-state index in [2.05, 4.69) is 11.9 Å². The Morgan fingerprint density at radius 1 is 0.921 bits per heavy atom. The van der Waals surface area contributed by atoms with Crippen molar-refractivity contribution >= 4 is 22.9 Å². The fourth-order valence-corrected chi connectivity index (χ4v) is 4.16. The lowest BCUT2D eigenvalue weighted by Crippen LogP contribution is -2.46. The molecule has 0 saturated carbocycles. The first kappa shape index (κ1) is 26.4. The first-order valence-electron chi connectivity index (χ1n) is 12.4. The number of carbonyl (C=O) groups is 2. The smallest absolute Gasteiger partial charge is 0.318 e. The Hall–Kier alpha value is -4.65. The molecule has 0 aliphatic carbocycles. The standard InChI is InChI=1S/C31H31N3O4/c1-3-16-33(31(37)32-18-24-10-6-4-7-11-24)21-29(35)34(19-25-12-8-5-9-13-25)20-26-22-38-28-15-14-23(2)17-27(28)30(26)36/h3-15,17,22H,1,16,18-21H2,2H3,(H,32,37). The number of nitrogens with one attached hydrogen (secondary N) is 1. The molecule has 1 heterocycles. The van der Waals surface area contributed by atoms with E-state index in [1.807, 2.05) is 73.7 Å². The minimum atomic E-state index is -0.373. The van der Waals surface area contributed by atoms with Crippen LogP contribution in [0.15, 0.2) is 107 Å². The molecule has 0 saturated heterocycles. The molecule has 0 radical (unpaired) electrons. The van der Waals surface area contributed by atoms with Crippen molar-refractivity contribution in [2.75, 3.05) is 13.1 Å². The molecule has 3 aromatic carbocycles. The van der Waals surface area contributed by atoms with Crippen LogP contribution in [0.2, 0.25) is 0 Å². The van der Waals surface area contributed by atoms with Crippen molar-refractivity contribution in [3.05, 3.63) is 130 Å². The van der Waals surface area contributed by atoms with Gasteiger partial charge in [0.05, 0.1) is 23.8 Å². The number of benzene rings is 3. The molecule has 7 heteroatoms. The molecule has 0 spiro atoms. The van der Waals surface area contributed by atoms with Gasteiger partial charge in [-0.2, -0.15) is 0 Å². The van der Waals surface area contributed by atoms with Crippen LogP contribution < -0.4 is 10.7 Å². The summed E-state index contributed by atoms with van der Waals surface area (Å²) < 4.78 is 5.72. The average Bonchev–Trinajstić information content (AvgIpc) is 2.94. The molecule has 1 aromatic heterocycles. The third kappa shape index (κ3) is 6.76. The van der Waals surface area contributed by atoms with Crippen LogP contribution in [0.3, 0.4) is 0 Å². The van der Waals surface area contributed by atoms with E-state index >= 15 is 0 Å². The lowest BCUT2D eigenvalue weighted by molar-refractivity contribution is -0.133. The molecule has 4 rings (SSSR count). The number of amides is 3. The molecule has 0 fully saturated rings. The van der Waals surface area contributed by atoms with Gasteiger partial charge in [-0.1, -0.05) is 78.4 Å². The number of fused-ring (bicyclic) bond motifs is 1. The Morgan fingerprint density at radius 3 is 2.29 bits per heavy atom. The van der Waals surface area contributed by atoms with E-state index in [1.54, 1.807) is 23.1 Å². The van der Waals surface area contributed by atoms with Gasteiger partial charge in [0.1, 0.15) is 12.1 Å². The third-order valence-electron chi connectivity index (χ3n) is 6.18. The lowest BCUT2D eigenvalue weighted by atomic mass is 10.1. The number of aryl methyl sites for hydroxylation is 1. The molecule has 0 aliphatic rings. The summed E-state index contributed by atoms with van der Waals surface area (Å²) in [5.74, 6) is -0.297. The van der Waals surface area contributed by atoms with Crippen molar-refractivity contribution in [1.29, 1.82) is 0 Å². The Labute approximate surface area is 222 Å². The highest BCUT2D eigenvalue weighted by molar-refractivity contribution is 5.84. The molecule has 38 heavy (non-hydrogen) atoms. The van der Waals surface area contributed by atoms with Crippen LogP contribution in [0, 0.1) is 6.92 Å². The molecule has 0 atom stereocenters. The highest BCUT2D eigenvalue weighted by Crippen LogP contribution is 2.16. The Kier molecular flexibility index (Phi) is 8.72. The molecule has 1 N–H and O–H groups in total. The molecule has 3 amide bonds. The third-order valence-corrected chi connectivity index (χ3v) is 6.18. The molecule has 194 valence electrons. The van der Waals surface area contributed by atoms with Gasteiger partial charge in [0.25, 0.3) is 0 Å². The van der Waals surface area contributed by atoms with Gasteiger partial charge in [0, 0.05) is 19.6 Å². The van der Waals surface area contributed by atoms with Crippen molar-refractivity contribution in [1.82, 2.24) is 15.1 Å². The fraction of sp³-hybridized carbons (Fsp3) is 0.194. The summed E-state index contributed by atoms with van der Waals surface area (Å²) in [6, 6.07) is 24.1. The first-order valence-corrected chi connectivity index (χ1v) is 12.4. The highest BCUT2D eigenvalue weighted by atomic mass is 16.3. The number of nitrogens with zero attached hydrogens (tertiary/aromatic N) is 2. The monoisotopic (exact) mass is 509 g/mol. The zero-order valence-corrected chi connectivity index (χ0v) is 21.4. The summed E-state index contributed by atoms with van der Waals surface area (Å²) in [4.78, 5) is 42.8. The summed E-state index contributed by atoms with van der Waals surface area (Å²) in [7, 11) is 0. The highest BCUT2D eigenvalue weighted by Gasteiger charge is 2.22. The average molecular weight is 510 g/mol.